The van der Waals surface area contributed by atoms with Crippen LogP contribution in [0.3, 0.4) is 0 Å². The Labute approximate surface area is 262 Å². The van der Waals surface area contributed by atoms with E-state index in [0.29, 0.717) is 66.9 Å². The van der Waals surface area contributed by atoms with Crippen LogP contribution in [0.2, 0.25) is 18.1 Å². The number of alkyl halides is 2. The number of piperidine rings is 1. The quantitative estimate of drug-likeness (QED) is 0.224. The fourth-order valence-corrected chi connectivity index (χ4v) is 7.00. The van der Waals surface area contributed by atoms with Crippen molar-refractivity contribution >= 4 is 46.4 Å². The highest BCUT2D eigenvalue weighted by Gasteiger charge is 2.37. The molecule has 45 heavy (non-hydrogen) atoms. The molecule has 1 N–H and O–H groups in total. The molecule has 0 atom stereocenters. The van der Waals surface area contributed by atoms with Gasteiger partial charge in [-0.05, 0) is 54.7 Å². The molecular formula is C30H40F2N6O5SSi. The standard InChI is InChI=1S/C30H40F2N6O5SSi/c1-30(2,3)45(5,6)42-14-11-25-35-23-8-7-19(15-24(23)43-25)18-38-27-20(16-22(26(31)32)28(38)39)17-33-29(36-27)34-21-9-12-37(13-10-21)44(4,40)41/h7-8,15-17,21,26H,9-14,18H2,1-6H3,(H,33,34,36). The molecule has 0 amide bonds. The van der Waals surface area contributed by atoms with Crippen molar-refractivity contribution in [3.63, 3.8) is 0 Å². The fourth-order valence-electron chi connectivity index (χ4n) is 5.08. The van der Waals surface area contributed by atoms with Crippen molar-refractivity contribution in [2.45, 2.75) is 77.2 Å². The highest BCUT2D eigenvalue weighted by atomic mass is 32.2. The zero-order valence-electron chi connectivity index (χ0n) is 26.4. The van der Waals surface area contributed by atoms with E-state index < -0.39 is 35.9 Å². The summed E-state index contributed by atoms with van der Waals surface area (Å²) in [6.45, 7) is 12.1. The van der Waals surface area contributed by atoms with E-state index >= 15 is 0 Å². The van der Waals surface area contributed by atoms with Gasteiger partial charge < -0.3 is 14.2 Å². The predicted molar refractivity (Wildman–Crippen MR) is 172 cm³/mol. The van der Waals surface area contributed by atoms with Crippen LogP contribution in [0.1, 0.15) is 57.1 Å². The highest BCUT2D eigenvalue weighted by Crippen LogP contribution is 2.36. The summed E-state index contributed by atoms with van der Waals surface area (Å²) >= 11 is 0. The lowest BCUT2D eigenvalue weighted by atomic mass is 10.1. The number of rotatable bonds is 10. The summed E-state index contributed by atoms with van der Waals surface area (Å²) in [5, 5.41) is 3.60. The summed E-state index contributed by atoms with van der Waals surface area (Å²) in [5.41, 5.74) is 0.551. The Morgan fingerprint density at radius 3 is 2.51 bits per heavy atom. The van der Waals surface area contributed by atoms with Crippen molar-refractivity contribution in [1.82, 2.24) is 23.8 Å². The van der Waals surface area contributed by atoms with E-state index in [9.17, 15) is 22.0 Å². The molecule has 11 nitrogen and oxygen atoms in total. The molecular weight excluding hydrogens is 623 g/mol. The molecule has 0 spiro atoms. The first-order valence-electron chi connectivity index (χ1n) is 14.9. The molecule has 244 valence electrons. The summed E-state index contributed by atoms with van der Waals surface area (Å²) in [7, 11) is -5.18. The second-order valence-corrected chi connectivity index (χ2v) is 19.9. The SMILES string of the molecule is CC(C)(C)[Si](C)(C)OCCc1nc2ccc(Cn3c(=O)c(C(F)F)cc4cnc(NC5CCN(S(C)(=O)=O)CC5)nc43)cc2o1. The Balaban J connectivity index is 1.38. The molecule has 4 aromatic rings. The maximum Gasteiger partial charge on any atom is 0.269 e. The number of pyridine rings is 1. The Morgan fingerprint density at radius 1 is 1.16 bits per heavy atom. The fraction of sp³-hybridized carbons (Fsp3) is 0.533. The van der Waals surface area contributed by atoms with Crippen LogP contribution >= 0.6 is 0 Å². The number of aromatic nitrogens is 4. The third-order valence-electron chi connectivity index (χ3n) is 8.77. The number of hydrogen-bond acceptors (Lipinski definition) is 9. The Hall–Kier alpha value is -3.27. The lowest BCUT2D eigenvalue weighted by Gasteiger charge is -2.36. The summed E-state index contributed by atoms with van der Waals surface area (Å²) in [5.74, 6) is 0.766. The molecule has 3 aromatic heterocycles. The Kier molecular flexibility index (Phi) is 9.19. The maximum absolute atomic E-state index is 13.9. The molecule has 0 saturated carbocycles. The Bertz CT molecular complexity index is 1860. The summed E-state index contributed by atoms with van der Waals surface area (Å²) in [6.07, 6.45) is 1.23. The summed E-state index contributed by atoms with van der Waals surface area (Å²) < 4.78 is 66.4. The van der Waals surface area contributed by atoms with Gasteiger partial charge >= 0.3 is 0 Å². The largest absolute Gasteiger partial charge is 0.441 e. The van der Waals surface area contributed by atoms with Crippen molar-refractivity contribution in [3.8, 4) is 0 Å². The number of halogens is 2. The van der Waals surface area contributed by atoms with Gasteiger partial charge in [-0.3, -0.25) is 9.36 Å². The van der Waals surface area contributed by atoms with Gasteiger partial charge in [0, 0.05) is 43.7 Å². The van der Waals surface area contributed by atoms with Crippen LogP contribution in [0.4, 0.5) is 14.7 Å². The second-order valence-electron chi connectivity index (χ2n) is 13.1. The van der Waals surface area contributed by atoms with Crippen LogP contribution in [0.5, 0.6) is 0 Å². The van der Waals surface area contributed by atoms with E-state index in [1.807, 2.05) is 0 Å². The molecule has 0 unspecified atom stereocenters. The smallest absolute Gasteiger partial charge is 0.269 e. The van der Waals surface area contributed by atoms with Crippen molar-refractivity contribution in [2.24, 2.45) is 0 Å². The average molecular weight is 663 g/mol. The molecule has 0 radical (unpaired) electrons. The summed E-state index contributed by atoms with van der Waals surface area (Å²) in [4.78, 5) is 26.7. The summed E-state index contributed by atoms with van der Waals surface area (Å²) in [6, 6.07) is 6.36. The van der Waals surface area contributed by atoms with Gasteiger partial charge in [-0.15, -0.1) is 0 Å². The number of benzene rings is 1. The van der Waals surface area contributed by atoms with Crippen LogP contribution in [-0.2, 0) is 27.4 Å². The van der Waals surface area contributed by atoms with Crippen molar-refractivity contribution in [3.05, 3.63) is 57.8 Å². The predicted octanol–water partition coefficient (Wildman–Crippen LogP) is 5.32. The van der Waals surface area contributed by atoms with Gasteiger partial charge in [0.1, 0.15) is 11.2 Å². The minimum Gasteiger partial charge on any atom is -0.441 e. The van der Waals surface area contributed by atoms with E-state index in [2.05, 4.69) is 54.1 Å². The zero-order valence-corrected chi connectivity index (χ0v) is 28.2. The monoisotopic (exact) mass is 662 g/mol. The normalized spacial score (nSPS) is 15.8. The first-order valence-corrected chi connectivity index (χ1v) is 19.7. The Morgan fingerprint density at radius 2 is 1.87 bits per heavy atom. The number of nitrogens with zero attached hydrogens (tertiary/aromatic N) is 5. The van der Waals surface area contributed by atoms with E-state index in [-0.39, 0.29) is 29.2 Å². The molecule has 0 bridgehead atoms. The molecule has 0 aliphatic carbocycles. The van der Waals surface area contributed by atoms with Gasteiger partial charge in [0.25, 0.3) is 12.0 Å². The first kappa shape index (κ1) is 33.1. The first-order chi connectivity index (χ1) is 21.0. The zero-order chi connectivity index (χ0) is 32.7. The molecule has 15 heteroatoms. The third kappa shape index (κ3) is 7.42. The maximum atomic E-state index is 13.9. The average Bonchev–Trinajstić information content (AvgIpc) is 3.35. The number of sulfonamides is 1. The number of hydrogen-bond donors (Lipinski definition) is 1. The van der Waals surface area contributed by atoms with Crippen molar-refractivity contribution in [1.29, 1.82) is 0 Å². The molecule has 4 heterocycles. The number of anilines is 1. The number of nitrogens with one attached hydrogen (secondary N) is 1. The van der Waals surface area contributed by atoms with Gasteiger partial charge in [0.15, 0.2) is 19.8 Å². The second kappa shape index (κ2) is 12.5. The van der Waals surface area contributed by atoms with Crippen LogP contribution in [-0.4, -0.2) is 72.6 Å². The van der Waals surface area contributed by atoms with E-state index in [0.717, 1.165) is 6.07 Å². The lowest BCUT2D eigenvalue weighted by Crippen LogP contribution is -2.42. The molecule has 1 fully saturated rings. The minimum absolute atomic E-state index is 0.0282. The lowest BCUT2D eigenvalue weighted by molar-refractivity contribution is 0.149. The van der Waals surface area contributed by atoms with Crippen LogP contribution in [0.25, 0.3) is 22.1 Å². The van der Waals surface area contributed by atoms with Crippen molar-refractivity contribution in [2.75, 3.05) is 31.3 Å². The van der Waals surface area contributed by atoms with Gasteiger partial charge in [-0.2, -0.15) is 4.98 Å². The van der Waals surface area contributed by atoms with Gasteiger partial charge in [-0.25, -0.2) is 31.5 Å². The highest BCUT2D eigenvalue weighted by molar-refractivity contribution is 7.88. The van der Waals surface area contributed by atoms with Gasteiger partial charge in [-0.1, -0.05) is 26.8 Å². The van der Waals surface area contributed by atoms with Gasteiger partial charge in [0.2, 0.25) is 16.0 Å². The third-order valence-corrected chi connectivity index (χ3v) is 14.6. The van der Waals surface area contributed by atoms with E-state index in [1.165, 1.54) is 21.3 Å². The topological polar surface area (TPSA) is 132 Å². The minimum atomic E-state index is -3.27. The van der Waals surface area contributed by atoms with E-state index in [1.54, 1.807) is 18.2 Å². The molecule has 1 aliphatic rings. The van der Waals surface area contributed by atoms with Crippen molar-refractivity contribution < 1.29 is 26.0 Å². The van der Waals surface area contributed by atoms with Gasteiger partial charge in [0.05, 0.1) is 18.4 Å². The van der Waals surface area contributed by atoms with Crippen LogP contribution in [0.15, 0.2) is 39.7 Å². The van der Waals surface area contributed by atoms with Crippen LogP contribution < -0.4 is 10.9 Å². The van der Waals surface area contributed by atoms with Crippen LogP contribution in [0, 0.1) is 0 Å². The molecule has 5 rings (SSSR count). The molecule has 1 saturated heterocycles. The van der Waals surface area contributed by atoms with E-state index in [4.69, 9.17) is 8.84 Å². The molecule has 1 aromatic carbocycles. The number of fused-ring (bicyclic) bond motifs is 2. The molecule has 1 aliphatic heterocycles. The number of oxazole rings is 1.